The van der Waals surface area contributed by atoms with Gasteiger partial charge in [-0.15, -0.1) is 0 Å². The van der Waals surface area contributed by atoms with Crippen molar-refractivity contribution in [3.05, 3.63) is 63.4 Å². The van der Waals surface area contributed by atoms with Crippen LogP contribution in [0.2, 0.25) is 10.0 Å². The van der Waals surface area contributed by atoms with Crippen LogP contribution in [0.25, 0.3) is 0 Å². The van der Waals surface area contributed by atoms with Gasteiger partial charge in [0.25, 0.3) is 0 Å². The number of nitrogens with zero attached hydrogens (tertiary/aromatic N) is 2. The molecule has 0 unspecified atom stereocenters. The average Bonchev–Trinajstić information content (AvgIpc) is 2.61. The van der Waals surface area contributed by atoms with Crippen molar-refractivity contribution in [2.45, 2.75) is 6.54 Å². The maximum atomic E-state index is 14.3. The number of benzene rings is 2. The molecule has 2 aromatic rings. The van der Waals surface area contributed by atoms with E-state index in [9.17, 15) is 4.39 Å². The number of ether oxygens (including phenoxy) is 1. The molecule has 1 aliphatic heterocycles. The van der Waals surface area contributed by atoms with E-state index >= 15 is 0 Å². The number of anilines is 1. The van der Waals surface area contributed by atoms with Gasteiger partial charge in [0, 0.05) is 28.7 Å². The van der Waals surface area contributed by atoms with E-state index < -0.39 is 0 Å². The molecular formula is C18H18Cl2FN3O. The van der Waals surface area contributed by atoms with Crippen molar-refractivity contribution < 1.29 is 9.13 Å². The Balaban J connectivity index is 1.61. The Labute approximate surface area is 156 Å². The highest BCUT2D eigenvalue weighted by atomic mass is 35.5. The highest BCUT2D eigenvalue weighted by Gasteiger charge is 2.14. The Bertz CT molecular complexity index is 744. The summed E-state index contributed by atoms with van der Waals surface area (Å²) in [6.45, 7) is 3.03. The second-order valence-corrected chi connectivity index (χ2v) is 6.42. The van der Waals surface area contributed by atoms with Crippen molar-refractivity contribution in [3.63, 3.8) is 0 Å². The number of hydrogen-bond donors (Lipinski definition) is 1. The number of morpholine rings is 1. The molecule has 1 aliphatic rings. The molecule has 0 amide bonds. The lowest BCUT2D eigenvalue weighted by Gasteiger charge is -2.29. The first-order valence-electron chi connectivity index (χ1n) is 7.96. The van der Waals surface area contributed by atoms with Crippen molar-refractivity contribution in [1.29, 1.82) is 0 Å². The first kappa shape index (κ1) is 18.0. The summed E-state index contributed by atoms with van der Waals surface area (Å²) in [7, 11) is 0. The molecule has 3 rings (SSSR count). The van der Waals surface area contributed by atoms with E-state index in [0.29, 0.717) is 54.1 Å². The Morgan fingerprint density at radius 3 is 2.56 bits per heavy atom. The monoisotopic (exact) mass is 381 g/mol. The summed E-state index contributed by atoms with van der Waals surface area (Å²) in [6, 6.07) is 10.4. The molecule has 0 aliphatic carbocycles. The number of hydrogen-bond acceptors (Lipinski definition) is 4. The number of hydrazone groups is 1. The van der Waals surface area contributed by atoms with Crippen LogP contribution < -0.4 is 10.3 Å². The van der Waals surface area contributed by atoms with Crippen molar-refractivity contribution >= 4 is 35.1 Å². The van der Waals surface area contributed by atoms with Gasteiger partial charge in [-0.2, -0.15) is 5.10 Å². The molecule has 25 heavy (non-hydrogen) atoms. The molecule has 0 spiro atoms. The van der Waals surface area contributed by atoms with Gasteiger partial charge in [-0.3, -0.25) is 0 Å². The second-order valence-electron chi connectivity index (χ2n) is 5.60. The van der Waals surface area contributed by atoms with Crippen molar-refractivity contribution in [2.24, 2.45) is 5.10 Å². The minimum absolute atomic E-state index is 0.264. The lowest BCUT2D eigenvalue weighted by molar-refractivity contribution is 0.122. The van der Waals surface area contributed by atoms with Crippen molar-refractivity contribution in [3.8, 4) is 0 Å². The highest BCUT2D eigenvalue weighted by molar-refractivity contribution is 6.35. The lowest BCUT2D eigenvalue weighted by Crippen LogP contribution is -2.36. The second kappa shape index (κ2) is 8.52. The molecule has 0 saturated carbocycles. The zero-order valence-corrected chi connectivity index (χ0v) is 15.0. The molecule has 1 fully saturated rings. The van der Waals surface area contributed by atoms with Gasteiger partial charge in [0.1, 0.15) is 5.82 Å². The predicted molar refractivity (Wildman–Crippen MR) is 100 cm³/mol. The minimum Gasteiger partial charge on any atom is -0.378 e. The molecule has 1 heterocycles. The third kappa shape index (κ3) is 4.63. The maximum absolute atomic E-state index is 14.3. The summed E-state index contributed by atoms with van der Waals surface area (Å²) in [5.74, 6) is -0.264. The molecule has 7 heteroatoms. The van der Waals surface area contributed by atoms with Crippen molar-refractivity contribution in [1.82, 2.24) is 5.43 Å². The molecule has 132 valence electrons. The fourth-order valence-electron chi connectivity index (χ4n) is 2.61. The number of rotatable bonds is 5. The topological polar surface area (TPSA) is 36.9 Å². The molecule has 0 aromatic heterocycles. The van der Waals surface area contributed by atoms with Crippen LogP contribution in [0, 0.1) is 5.82 Å². The largest absolute Gasteiger partial charge is 0.378 e. The summed E-state index contributed by atoms with van der Waals surface area (Å²) >= 11 is 12.2. The zero-order valence-electron chi connectivity index (χ0n) is 13.5. The fourth-order valence-corrected chi connectivity index (χ4v) is 3.14. The Hall–Kier alpha value is -1.82. The van der Waals surface area contributed by atoms with Crippen LogP contribution in [0.5, 0.6) is 0 Å². The third-order valence-corrected chi connectivity index (χ3v) is 4.65. The normalized spacial score (nSPS) is 14.9. The molecule has 1 saturated heterocycles. The van der Waals surface area contributed by atoms with Crippen LogP contribution in [0.4, 0.5) is 10.1 Å². The maximum Gasteiger partial charge on any atom is 0.147 e. The summed E-state index contributed by atoms with van der Waals surface area (Å²) in [5.41, 5.74) is 4.92. The fraction of sp³-hybridized carbons (Fsp3) is 0.278. The first-order valence-corrected chi connectivity index (χ1v) is 8.72. The third-order valence-electron chi connectivity index (χ3n) is 3.95. The summed E-state index contributed by atoms with van der Waals surface area (Å²) in [6.07, 6.45) is 1.57. The van der Waals surface area contributed by atoms with Gasteiger partial charge in [-0.05, 0) is 29.8 Å². The van der Waals surface area contributed by atoms with Gasteiger partial charge in [-0.1, -0.05) is 35.3 Å². The summed E-state index contributed by atoms with van der Waals surface area (Å²) in [5, 5.41) is 5.27. The number of nitrogens with one attached hydrogen (secondary N) is 1. The average molecular weight is 382 g/mol. The standard InChI is InChI=1S/C18H18Cl2FN3O/c19-15-2-1-3-16(20)14(15)12-23-22-11-13-4-5-18(17(21)10-13)24-6-8-25-9-7-24/h1-5,10-11,23H,6-9,12H2/b22-11+. The van der Waals surface area contributed by atoms with E-state index in [1.165, 1.54) is 6.07 Å². The quantitative estimate of drug-likeness (QED) is 0.625. The smallest absolute Gasteiger partial charge is 0.147 e. The molecule has 2 aromatic carbocycles. The van der Waals surface area contributed by atoms with E-state index in [-0.39, 0.29) is 5.82 Å². The first-order chi connectivity index (χ1) is 12.1. The Morgan fingerprint density at radius 1 is 1.16 bits per heavy atom. The van der Waals surface area contributed by atoms with Crippen LogP contribution in [-0.2, 0) is 11.3 Å². The molecule has 4 nitrogen and oxygen atoms in total. The summed E-state index contributed by atoms with van der Waals surface area (Å²) in [4.78, 5) is 1.98. The van der Waals surface area contributed by atoms with Gasteiger partial charge >= 0.3 is 0 Å². The van der Waals surface area contributed by atoms with Crippen LogP contribution in [0.15, 0.2) is 41.5 Å². The van der Waals surface area contributed by atoms with Gasteiger partial charge in [-0.25, -0.2) is 4.39 Å². The van der Waals surface area contributed by atoms with Gasteiger partial charge < -0.3 is 15.1 Å². The van der Waals surface area contributed by atoms with E-state index in [4.69, 9.17) is 27.9 Å². The van der Waals surface area contributed by atoms with Gasteiger partial charge in [0.05, 0.1) is 31.7 Å². The zero-order chi connectivity index (χ0) is 17.6. The SMILES string of the molecule is Fc1cc(/C=N/NCc2c(Cl)cccc2Cl)ccc1N1CCOCC1. The van der Waals surface area contributed by atoms with Crippen LogP contribution in [-0.4, -0.2) is 32.5 Å². The number of halogens is 3. The van der Waals surface area contributed by atoms with E-state index in [2.05, 4.69) is 10.5 Å². The van der Waals surface area contributed by atoms with E-state index in [1.807, 2.05) is 11.0 Å². The van der Waals surface area contributed by atoms with E-state index in [1.54, 1.807) is 30.5 Å². The van der Waals surface area contributed by atoms with E-state index in [0.717, 1.165) is 5.56 Å². The molecule has 1 N–H and O–H groups in total. The molecular weight excluding hydrogens is 364 g/mol. The summed E-state index contributed by atoms with van der Waals surface area (Å²) < 4.78 is 19.6. The lowest BCUT2D eigenvalue weighted by atomic mass is 10.2. The van der Waals surface area contributed by atoms with Crippen LogP contribution >= 0.6 is 23.2 Å². The Morgan fingerprint density at radius 2 is 1.88 bits per heavy atom. The van der Waals surface area contributed by atoms with Gasteiger partial charge in [0.2, 0.25) is 0 Å². The molecule has 0 radical (unpaired) electrons. The Kier molecular flexibility index (Phi) is 6.13. The molecule has 0 bridgehead atoms. The van der Waals surface area contributed by atoms with Crippen LogP contribution in [0.3, 0.4) is 0 Å². The van der Waals surface area contributed by atoms with Gasteiger partial charge in [0.15, 0.2) is 0 Å². The van der Waals surface area contributed by atoms with Crippen molar-refractivity contribution in [2.75, 3.05) is 31.2 Å². The highest BCUT2D eigenvalue weighted by Crippen LogP contribution is 2.24. The molecule has 0 atom stereocenters. The predicted octanol–water partition coefficient (Wildman–Crippen LogP) is 4.09. The van der Waals surface area contributed by atoms with Crippen LogP contribution in [0.1, 0.15) is 11.1 Å². The minimum atomic E-state index is -0.264.